The summed E-state index contributed by atoms with van der Waals surface area (Å²) in [5, 5.41) is 0.410. The highest BCUT2D eigenvalue weighted by Gasteiger charge is 2.29. The lowest BCUT2D eigenvalue weighted by molar-refractivity contribution is -0.155. The van der Waals surface area contributed by atoms with Crippen LogP contribution in [0.3, 0.4) is 0 Å². The first-order valence-electron chi connectivity index (χ1n) is 8.02. The van der Waals surface area contributed by atoms with E-state index in [0.29, 0.717) is 17.3 Å². The number of fused-ring (bicyclic) bond motifs is 1. The highest BCUT2D eigenvalue weighted by molar-refractivity contribution is 6.32. The summed E-state index contributed by atoms with van der Waals surface area (Å²) in [6, 6.07) is 14.6. The Hall–Kier alpha value is -2.53. The van der Waals surface area contributed by atoms with Crippen LogP contribution < -0.4 is 9.64 Å². The van der Waals surface area contributed by atoms with Crippen LogP contribution >= 0.6 is 11.6 Å². The van der Waals surface area contributed by atoms with Gasteiger partial charge in [-0.15, -0.1) is 0 Å². The number of ether oxygens (including phenoxy) is 2. The maximum atomic E-state index is 12.6. The van der Waals surface area contributed by atoms with E-state index in [-0.39, 0.29) is 12.5 Å². The highest BCUT2D eigenvalue weighted by atomic mass is 35.5. The summed E-state index contributed by atoms with van der Waals surface area (Å²) >= 11 is 5.96. The van der Waals surface area contributed by atoms with Crippen molar-refractivity contribution in [3.05, 3.63) is 59.1 Å². The van der Waals surface area contributed by atoms with Crippen LogP contribution in [0.1, 0.15) is 12.5 Å². The number of rotatable bonds is 5. The Morgan fingerprint density at radius 1 is 1.16 bits per heavy atom. The first-order valence-corrected chi connectivity index (χ1v) is 8.40. The van der Waals surface area contributed by atoms with Crippen molar-refractivity contribution in [3.63, 3.8) is 0 Å². The van der Waals surface area contributed by atoms with Gasteiger partial charge in [0.15, 0.2) is 12.7 Å². The van der Waals surface area contributed by atoms with Gasteiger partial charge >= 0.3 is 5.97 Å². The van der Waals surface area contributed by atoms with Gasteiger partial charge in [0.05, 0.1) is 5.02 Å². The van der Waals surface area contributed by atoms with Gasteiger partial charge in [-0.3, -0.25) is 4.79 Å². The number of hydrogen-bond acceptors (Lipinski definition) is 4. The van der Waals surface area contributed by atoms with Crippen molar-refractivity contribution in [2.45, 2.75) is 19.4 Å². The van der Waals surface area contributed by atoms with E-state index in [2.05, 4.69) is 0 Å². The quantitative estimate of drug-likeness (QED) is 0.769. The van der Waals surface area contributed by atoms with Crippen LogP contribution in [0, 0.1) is 0 Å². The number of carbonyl (C=O) groups excluding carboxylic acids is 2. The van der Waals surface area contributed by atoms with Gasteiger partial charge < -0.3 is 14.4 Å². The normalized spacial score (nSPS) is 13.9. The molecule has 1 aliphatic rings. The smallest absolute Gasteiger partial charge is 0.344 e. The fourth-order valence-corrected chi connectivity index (χ4v) is 2.96. The Morgan fingerprint density at radius 2 is 1.88 bits per heavy atom. The SMILES string of the molecule is CC(OC(=O)COc1ccccc1Cl)C(=O)N1CCc2ccccc21. The summed E-state index contributed by atoms with van der Waals surface area (Å²) in [4.78, 5) is 26.2. The van der Waals surface area contributed by atoms with Crippen molar-refractivity contribution in [1.29, 1.82) is 0 Å². The summed E-state index contributed by atoms with van der Waals surface area (Å²) < 4.78 is 10.5. The molecule has 25 heavy (non-hydrogen) atoms. The number of amides is 1. The second kappa shape index (κ2) is 7.57. The molecule has 0 aliphatic carbocycles. The molecule has 5 nitrogen and oxygen atoms in total. The van der Waals surface area contributed by atoms with Gasteiger partial charge in [0.1, 0.15) is 5.75 Å². The van der Waals surface area contributed by atoms with Gasteiger partial charge in [-0.2, -0.15) is 0 Å². The Kier molecular flexibility index (Phi) is 5.24. The molecule has 1 aliphatic heterocycles. The first-order chi connectivity index (χ1) is 12.1. The average Bonchev–Trinajstić information content (AvgIpc) is 3.04. The molecule has 0 bridgehead atoms. The zero-order valence-corrected chi connectivity index (χ0v) is 14.5. The van der Waals surface area contributed by atoms with Crippen molar-refractivity contribution in [1.82, 2.24) is 0 Å². The second-order valence-electron chi connectivity index (χ2n) is 5.72. The molecule has 1 amide bonds. The molecular weight excluding hydrogens is 342 g/mol. The summed E-state index contributed by atoms with van der Waals surface area (Å²) in [6.07, 6.45) is -0.0773. The molecule has 0 saturated heterocycles. The van der Waals surface area contributed by atoms with E-state index in [1.165, 1.54) is 0 Å². The number of benzene rings is 2. The Morgan fingerprint density at radius 3 is 2.68 bits per heavy atom. The van der Waals surface area contributed by atoms with Crippen LogP contribution in [0.25, 0.3) is 0 Å². The number of nitrogens with zero attached hydrogens (tertiary/aromatic N) is 1. The second-order valence-corrected chi connectivity index (χ2v) is 6.13. The van der Waals surface area contributed by atoms with E-state index in [4.69, 9.17) is 21.1 Å². The standard InChI is InChI=1S/C19H18ClNO4/c1-13(19(23)21-11-10-14-6-2-4-8-16(14)21)25-18(22)12-24-17-9-5-3-7-15(17)20/h2-9,13H,10-12H2,1H3. The van der Waals surface area contributed by atoms with Gasteiger partial charge in [-0.1, -0.05) is 41.9 Å². The Balaban J connectivity index is 1.55. The first kappa shape index (κ1) is 17.3. The molecule has 1 atom stereocenters. The molecule has 0 N–H and O–H groups in total. The lowest BCUT2D eigenvalue weighted by Gasteiger charge is -2.21. The monoisotopic (exact) mass is 359 g/mol. The predicted molar refractivity (Wildman–Crippen MR) is 95.0 cm³/mol. The molecule has 1 unspecified atom stereocenters. The van der Waals surface area contributed by atoms with Gasteiger partial charge in [0, 0.05) is 12.2 Å². The van der Waals surface area contributed by atoms with Crippen molar-refractivity contribution < 1.29 is 19.1 Å². The fraction of sp³-hybridized carbons (Fsp3) is 0.263. The molecule has 0 aromatic heterocycles. The largest absolute Gasteiger partial charge is 0.480 e. The zero-order chi connectivity index (χ0) is 17.8. The van der Waals surface area contributed by atoms with Gasteiger partial charge in [-0.05, 0) is 37.1 Å². The molecule has 130 valence electrons. The number of hydrogen-bond donors (Lipinski definition) is 0. The molecule has 2 aromatic carbocycles. The van der Waals surface area contributed by atoms with E-state index in [1.54, 1.807) is 36.1 Å². The lowest BCUT2D eigenvalue weighted by Crippen LogP contribution is -2.39. The molecule has 0 radical (unpaired) electrons. The van der Waals surface area contributed by atoms with E-state index < -0.39 is 12.1 Å². The maximum Gasteiger partial charge on any atom is 0.344 e. The van der Waals surface area contributed by atoms with Crippen LogP contribution in [0.15, 0.2) is 48.5 Å². The number of carbonyl (C=O) groups is 2. The molecule has 0 saturated carbocycles. The highest BCUT2D eigenvalue weighted by Crippen LogP contribution is 2.28. The molecule has 0 spiro atoms. The summed E-state index contributed by atoms with van der Waals surface area (Å²) in [5.41, 5.74) is 2.00. The van der Waals surface area contributed by atoms with Crippen LogP contribution in [0.4, 0.5) is 5.69 Å². The molecule has 2 aromatic rings. The maximum absolute atomic E-state index is 12.6. The number of halogens is 1. The van der Waals surface area contributed by atoms with E-state index in [0.717, 1.165) is 17.7 Å². The minimum Gasteiger partial charge on any atom is -0.480 e. The van der Waals surface area contributed by atoms with Crippen molar-refractivity contribution in [3.8, 4) is 5.75 Å². The summed E-state index contributed by atoms with van der Waals surface area (Å²) in [7, 11) is 0. The predicted octanol–water partition coefficient (Wildman–Crippen LogP) is 3.24. The number of anilines is 1. The third kappa shape index (κ3) is 3.94. The third-order valence-corrected chi connectivity index (χ3v) is 4.30. The van der Waals surface area contributed by atoms with Crippen LogP contribution in [-0.2, 0) is 20.7 Å². The molecule has 3 rings (SSSR count). The summed E-state index contributed by atoms with van der Waals surface area (Å²) in [5.74, 6) is -0.460. The van der Waals surface area contributed by atoms with Gasteiger partial charge in [0.25, 0.3) is 5.91 Å². The van der Waals surface area contributed by atoms with Crippen LogP contribution in [-0.4, -0.2) is 31.1 Å². The topological polar surface area (TPSA) is 55.8 Å². The Labute approximate surface area is 151 Å². The average molecular weight is 360 g/mol. The van der Waals surface area contributed by atoms with Gasteiger partial charge in [0.2, 0.25) is 0 Å². The lowest BCUT2D eigenvalue weighted by atomic mass is 10.2. The minimum atomic E-state index is -0.881. The van der Waals surface area contributed by atoms with Crippen LogP contribution in [0.5, 0.6) is 5.75 Å². The minimum absolute atomic E-state index is 0.240. The zero-order valence-electron chi connectivity index (χ0n) is 13.8. The molecule has 0 fully saturated rings. The molecule has 6 heteroatoms. The van der Waals surface area contributed by atoms with Crippen molar-refractivity contribution in [2.75, 3.05) is 18.1 Å². The van der Waals surface area contributed by atoms with E-state index >= 15 is 0 Å². The summed E-state index contributed by atoms with van der Waals surface area (Å²) in [6.45, 7) is 1.85. The molecular formula is C19H18ClNO4. The van der Waals surface area contributed by atoms with Crippen molar-refractivity contribution >= 4 is 29.2 Å². The van der Waals surface area contributed by atoms with Crippen LogP contribution in [0.2, 0.25) is 5.02 Å². The number of para-hydroxylation sites is 2. The third-order valence-electron chi connectivity index (χ3n) is 3.99. The van der Waals surface area contributed by atoms with Crippen molar-refractivity contribution in [2.24, 2.45) is 0 Å². The fourth-order valence-electron chi connectivity index (χ4n) is 2.77. The van der Waals surface area contributed by atoms with E-state index in [9.17, 15) is 9.59 Å². The van der Waals surface area contributed by atoms with Gasteiger partial charge in [-0.25, -0.2) is 4.79 Å². The van der Waals surface area contributed by atoms with E-state index in [1.807, 2.05) is 24.3 Å². The molecule has 1 heterocycles. The number of esters is 1. The Bertz CT molecular complexity index is 792.